The third-order valence-electron chi connectivity index (χ3n) is 3.79. The third-order valence-corrected chi connectivity index (χ3v) is 3.79. The second-order valence-corrected chi connectivity index (χ2v) is 6.15. The third kappa shape index (κ3) is 3.29. The minimum Gasteiger partial charge on any atom is -0.497 e. The normalized spacial score (nSPS) is 12.5. The van der Waals surface area contributed by atoms with E-state index >= 15 is 0 Å². The van der Waals surface area contributed by atoms with Crippen molar-refractivity contribution < 1.29 is 4.74 Å². The van der Waals surface area contributed by atoms with E-state index < -0.39 is 0 Å². The van der Waals surface area contributed by atoms with Crippen molar-refractivity contribution in [2.45, 2.75) is 33.2 Å². The first-order chi connectivity index (χ1) is 11.6. The van der Waals surface area contributed by atoms with E-state index in [9.17, 15) is 0 Å². The molecule has 0 spiro atoms. The van der Waals surface area contributed by atoms with Gasteiger partial charge < -0.3 is 4.74 Å². The summed E-state index contributed by atoms with van der Waals surface area (Å²) < 4.78 is 8.89. The number of benzene rings is 1. The molecule has 3 aromatic rings. The molecule has 7 nitrogen and oxygen atoms in total. The van der Waals surface area contributed by atoms with E-state index in [1.807, 2.05) is 35.9 Å². The Balaban J connectivity index is 2.03. The van der Waals surface area contributed by atoms with Crippen molar-refractivity contribution in [3.8, 4) is 11.4 Å². The van der Waals surface area contributed by atoms with Crippen LogP contribution in [0, 0.1) is 5.92 Å². The Labute approximate surface area is 141 Å². The predicted octanol–water partition coefficient (Wildman–Crippen LogP) is 2.68. The van der Waals surface area contributed by atoms with E-state index in [1.54, 1.807) is 18.1 Å². The molecule has 0 bridgehead atoms. The Morgan fingerprint density at radius 3 is 2.46 bits per heavy atom. The average Bonchev–Trinajstić information content (AvgIpc) is 3.23. The van der Waals surface area contributed by atoms with Crippen LogP contribution in [0.1, 0.15) is 38.5 Å². The van der Waals surface area contributed by atoms with Crippen molar-refractivity contribution in [1.29, 1.82) is 0 Å². The van der Waals surface area contributed by atoms with Crippen LogP contribution in [-0.2, 0) is 6.42 Å². The summed E-state index contributed by atoms with van der Waals surface area (Å²) in [6, 6.07) is 7.73. The van der Waals surface area contributed by atoms with Crippen molar-refractivity contribution in [2.24, 2.45) is 5.92 Å². The molecular formula is C17H22N6O. The zero-order chi connectivity index (χ0) is 17.1. The molecule has 0 saturated carbocycles. The number of hydrogen-bond donors (Lipinski definition) is 0. The highest BCUT2D eigenvalue weighted by atomic mass is 16.5. The zero-order valence-electron chi connectivity index (χ0n) is 14.4. The summed E-state index contributed by atoms with van der Waals surface area (Å²) in [5.74, 6) is 2.97. The predicted molar refractivity (Wildman–Crippen MR) is 90.3 cm³/mol. The molecule has 3 rings (SSSR count). The van der Waals surface area contributed by atoms with Crippen LogP contribution in [0.2, 0.25) is 0 Å². The van der Waals surface area contributed by atoms with E-state index in [0.29, 0.717) is 5.92 Å². The molecule has 0 fully saturated rings. The van der Waals surface area contributed by atoms with Crippen LogP contribution in [-0.4, -0.2) is 36.6 Å². The summed E-state index contributed by atoms with van der Waals surface area (Å²) in [5, 5.41) is 8.94. The van der Waals surface area contributed by atoms with Crippen molar-refractivity contribution in [1.82, 2.24) is 29.5 Å². The number of ether oxygens (including phenoxy) is 1. The average molecular weight is 326 g/mol. The Bertz CT molecular complexity index is 776. The molecule has 0 N–H and O–H groups in total. The SMILES string of the molecule is COc1ccc(-n2nc(CC(C)C)nc2[C@H](C)n2cncn2)cc1. The van der Waals surface area contributed by atoms with Gasteiger partial charge in [-0.3, -0.25) is 0 Å². The van der Waals surface area contributed by atoms with Gasteiger partial charge in [-0.1, -0.05) is 13.8 Å². The number of nitrogens with zero attached hydrogens (tertiary/aromatic N) is 6. The van der Waals surface area contributed by atoms with Crippen LogP contribution < -0.4 is 4.74 Å². The minimum absolute atomic E-state index is 0.0667. The number of hydrogen-bond acceptors (Lipinski definition) is 5. The largest absolute Gasteiger partial charge is 0.497 e. The van der Waals surface area contributed by atoms with Gasteiger partial charge in [-0.05, 0) is 37.1 Å². The van der Waals surface area contributed by atoms with Gasteiger partial charge in [0.25, 0.3) is 0 Å². The van der Waals surface area contributed by atoms with Gasteiger partial charge in [0.2, 0.25) is 0 Å². The number of aromatic nitrogens is 6. The van der Waals surface area contributed by atoms with Crippen molar-refractivity contribution >= 4 is 0 Å². The van der Waals surface area contributed by atoms with Crippen LogP contribution in [0.25, 0.3) is 5.69 Å². The highest BCUT2D eigenvalue weighted by molar-refractivity contribution is 5.37. The molecule has 0 unspecified atom stereocenters. The van der Waals surface area contributed by atoms with E-state index in [-0.39, 0.29) is 6.04 Å². The monoisotopic (exact) mass is 326 g/mol. The fourth-order valence-corrected chi connectivity index (χ4v) is 2.54. The molecular weight excluding hydrogens is 304 g/mol. The molecule has 0 aliphatic heterocycles. The summed E-state index contributed by atoms with van der Waals surface area (Å²) in [4.78, 5) is 8.78. The number of methoxy groups -OCH3 is 1. The van der Waals surface area contributed by atoms with E-state index in [1.165, 1.54) is 6.33 Å². The minimum atomic E-state index is -0.0667. The van der Waals surface area contributed by atoms with Crippen molar-refractivity contribution in [3.05, 3.63) is 48.6 Å². The molecule has 2 heterocycles. The molecule has 2 aromatic heterocycles. The fourth-order valence-electron chi connectivity index (χ4n) is 2.54. The molecule has 126 valence electrons. The molecule has 0 aliphatic rings. The van der Waals surface area contributed by atoms with E-state index in [2.05, 4.69) is 23.9 Å². The standard InChI is InChI=1S/C17H22N6O/c1-12(2)9-16-20-17(13(3)22-11-18-10-19-22)23(21-16)14-5-7-15(24-4)8-6-14/h5-8,10-13H,9H2,1-4H3/t13-/m0/s1. The van der Waals surface area contributed by atoms with Crippen LogP contribution in [0.4, 0.5) is 0 Å². The zero-order valence-corrected chi connectivity index (χ0v) is 14.4. The van der Waals surface area contributed by atoms with Gasteiger partial charge in [0.1, 0.15) is 24.4 Å². The van der Waals surface area contributed by atoms with Gasteiger partial charge in [0, 0.05) is 6.42 Å². The lowest BCUT2D eigenvalue weighted by molar-refractivity contribution is 0.414. The van der Waals surface area contributed by atoms with Gasteiger partial charge in [0.15, 0.2) is 11.6 Å². The van der Waals surface area contributed by atoms with Crippen LogP contribution >= 0.6 is 0 Å². The van der Waals surface area contributed by atoms with Gasteiger partial charge in [-0.15, -0.1) is 0 Å². The molecule has 7 heteroatoms. The fraction of sp³-hybridized carbons (Fsp3) is 0.412. The maximum absolute atomic E-state index is 5.23. The van der Waals surface area contributed by atoms with Gasteiger partial charge in [-0.2, -0.15) is 10.2 Å². The lowest BCUT2D eigenvalue weighted by Gasteiger charge is -2.12. The Morgan fingerprint density at radius 2 is 1.88 bits per heavy atom. The Morgan fingerprint density at radius 1 is 1.12 bits per heavy atom. The van der Waals surface area contributed by atoms with Gasteiger partial charge >= 0.3 is 0 Å². The van der Waals surface area contributed by atoms with Crippen molar-refractivity contribution in [3.63, 3.8) is 0 Å². The molecule has 0 saturated heterocycles. The van der Waals surface area contributed by atoms with Crippen LogP contribution in [0.5, 0.6) is 5.75 Å². The summed E-state index contributed by atoms with van der Waals surface area (Å²) in [6.07, 6.45) is 4.06. The molecule has 24 heavy (non-hydrogen) atoms. The first-order valence-electron chi connectivity index (χ1n) is 8.03. The summed E-state index contributed by atoms with van der Waals surface area (Å²) in [6.45, 7) is 6.36. The molecule has 0 amide bonds. The van der Waals surface area contributed by atoms with Crippen molar-refractivity contribution in [2.75, 3.05) is 7.11 Å². The summed E-state index contributed by atoms with van der Waals surface area (Å²) >= 11 is 0. The quantitative estimate of drug-likeness (QED) is 0.696. The molecule has 0 aliphatic carbocycles. The maximum atomic E-state index is 5.23. The first-order valence-corrected chi connectivity index (χ1v) is 8.03. The molecule has 1 atom stereocenters. The summed E-state index contributed by atoms with van der Waals surface area (Å²) in [7, 11) is 1.66. The topological polar surface area (TPSA) is 70.7 Å². The highest BCUT2D eigenvalue weighted by Crippen LogP contribution is 2.21. The van der Waals surface area contributed by atoms with E-state index in [4.69, 9.17) is 14.8 Å². The lowest BCUT2D eigenvalue weighted by atomic mass is 10.1. The Hall–Kier alpha value is -2.70. The van der Waals surface area contributed by atoms with Gasteiger partial charge in [0.05, 0.1) is 12.8 Å². The highest BCUT2D eigenvalue weighted by Gasteiger charge is 2.20. The van der Waals surface area contributed by atoms with Crippen LogP contribution in [0.15, 0.2) is 36.9 Å². The molecule has 0 radical (unpaired) electrons. The number of rotatable bonds is 6. The molecule has 1 aromatic carbocycles. The van der Waals surface area contributed by atoms with E-state index in [0.717, 1.165) is 29.5 Å². The Kier molecular flexibility index (Phi) is 4.59. The summed E-state index contributed by atoms with van der Waals surface area (Å²) in [5.41, 5.74) is 0.945. The second kappa shape index (κ2) is 6.82. The lowest BCUT2D eigenvalue weighted by Crippen LogP contribution is -2.14. The first kappa shape index (κ1) is 16.2. The maximum Gasteiger partial charge on any atom is 0.157 e. The smallest absolute Gasteiger partial charge is 0.157 e. The van der Waals surface area contributed by atoms with Crippen LogP contribution in [0.3, 0.4) is 0 Å². The second-order valence-electron chi connectivity index (χ2n) is 6.15. The van der Waals surface area contributed by atoms with Gasteiger partial charge in [-0.25, -0.2) is 19.3 Å².